The van der Waals surface area contributed by atoms with Crippen LogP contribution in [-0.4, -0.2) is 32.5 Å². The fraction of sp³-hybridized carbons (Fsp3) is 0.556. The molecule has 1 aliphatic heterocycles. The summed E-state index contributed by atoms with van der Waals surface area (Å²) in [6, 6.07) is 0. The van der Waals surface area contributed by atoms with E-state index < -0.39 is 10.8 Å². The highest BCUT2D eigenvalue weighted by atomic mass is 32.2. The largest absolute Gasteiger partial charge is 0.315 e. The second kappa shape index (κ2) is 4.14. The van der Waals surface area contributed by atoms with E-state index in [1.807, 2.05) is 6.92 Å². The number of nitrogens with zero attached hydrogens (tertiary/aromatic N) is 2. The van der Waals surface area contributed by atoms with E-state index >= 15 is 0 Å². The third kappa shape index (κ3) is 1.83. The van der Waals surface area contributed by atoms with E-state index in [0.717, 1.165) is 25.2 Å². The van der Waals surface area contributed by atoms with Crippen LogP contribution in [0, 0.1) is 6.92 Å². The van der Waals surface area contributed by atoms with Gasteiger partial charge in [0.05, 0.1) is 21.7 Å². The zero-order valence-electron chi connectivity index (χ0n) is 8.06. The summed E-state index contributed by atoms with van der Waals surface area (Å²) >= 11 is 0. The first-order valence-corrected chi connectivity index (χ1v) is 5.89. The number of aromatic nitrogens is 2. The molecular weight excluding hydrogens is 198 g/mol. The number of aryl methyl sites for hydroxylation is 1. The van der Waals surface area contributed by atoms with Gasteiger partial charge in [0.2, 0.25) is 0 Å². The molecule has 1 saturated heterocycles. The fourth-order valence-corrected chi connectivity index (χ4v) is 2.99. The molecule has 0 saturated carbocycles. The molecular formula is C9H13N3OS. The fourth-order valence-electron chi connectivity index (χ4n) is 1.56. The van der Waals surface area contributed by atoms with Crippen LogP contribution in [0.3, 0.4) is 0 Å². The van der Waals surface area contributed by atoms with Gasteiger partial charge in [0.1, 0.15) is 5.03 Å². The molecule has 0 aromatic carbocycles. The lowest BCUT2D eigenvalue weighted by atomic mass is 10.4. The van der Waals surface area contributed by atoms with Gasteiger partial charge in [0.25, 0.3) is 0 Å². The molecule has 1 aromatic rings. The zero-order valence-corrected chi connectivity index (χ0v) is 8.88. The van der Waals surface area contributed by atoms with Gasteiger partial charge in [0.15, 0.2) is 0 Å². The van der Waals surface area contributed by atoms with Gasteiger partial charge in [-0.2, -0.15) is 0 Å². The summed E-state index contributed by atoms with van der Waals surface area (Å²) in [4.78, 5) is 8.23. The molecule has 0 bridgehead atoms. The molecule has 1 fully saturated rings. The van der Waals surface area contributed by atoms with Crippen molar-refractivity contribution in [1.29, 1.82) is 0 Å². The van der Waals surface area contributed by atoms with Crippen molar-refractivity contribution >= 4 is 10.8 Å². The SMILES string of the molecule is Cc1nccnc1S(=O)[C@@H]1CCNC1. The number of hydrogen-bond donors (Lipinski definition) is 1. The number of rotatable bonds is 2. The van der Waals surface area contributed by atoms with E-state index in [0.29, 0.717) is 5.03 Å². The van der Waals surface area contributed by atoms with Crippen molar-refractivity contribution in [2.45, 2.75) is 23.6 Å². The number of hydrogen-bond acceptors (Lipinski definition) is 4. The third-order valence-electron chi connectivity index (χ3n) is 2.34. The minimum absolute atomic E-state index is 0.199. The first-order chi connectivity index (χ1) is 6.79. The minimum atomic E-state index is -1.01. The summed E-state index contributed by atoms with van der Waals surface area (Å²) in [5, 5.41) is 4.04. The Kier molecular flexibility index (Phi) is 2.88. The molecule has 2 rings (SSSR count). The maximum Gasteiger partial charge on any atom is 0.148 e. The normalized spacial score (nSPS) is 23.6. The van der Waals surface area contributed by atoms with Gasteiger partial charge in [-0.1, -0.05) is 0 Å². The van der Waals surface area contributed by atoms with Crippen molar-refractivity contribution in [3.8, 4) is 0 Å². The Bertz CT molecular complexity index is 350. The highest BCUT2D eigenvalue weighted by molar-refractivity contribution is 7.85. The summed E-state index contributed by atoms with van der Waals surface area (Å²) in [5.74, 6) is 0. The van der Waals surface area contributed by atoms with E-state index in [9.17, 15) is 4.21 Å². The summed E-state index contributed by atoms with van der Waals surface area (Å²) in [7, 11) is -1.01. The molecule has 4 nitrogen and oxygen atoms in total. The second-order valence-electron chi connectivity index (χ2n) is 3.36. The maximum atomic E-state index is 12.0. The summed E-state index contributed by atoms with van der Waals surface area (Å²) < 4.78 is 12.0. The summed E-state index contributed by atoms with van der Waals surface area (Å²) in [6.45, 7) is 3.63. The zero-order chi connectivity index (χ0) is 9.97. The van der Waals surface area contributed by atoms with Crippen LogP contribution in [0.5, 0.6) is 0 Å². The van der Waals surface area contributed by atoms with Gasteiger partial charge in [-0.25, -0.2) is 4.98 Å². The number of nitrogens with one attached hydrogen (secondary N) is 1. The van der Waals surface area contributed by atoms with Crippen LogP contribution < -0.4 is 5.32 Å². The molecule has 0 aliphatic carbocycles. The average Bonchev–Trinajstić information content (AvgIpc) is 2.70. The Morgan fingerprint density at radius 2 is 2.29 bits per heavy atom. The predicted molar refractivity (Wildman–Crippen MR) is 54.5 cm³/mol. The lowest BCUT2D eigenvalue weighted by Crippen LogP contribution is -2.20. The molecule has 2 heterocycles. The lowest BCUT2D eigenvalue weighted by molar-refractivity contribution is 0.667. The van der Waals surface area contributed by atoms with Gasteiger partial charge >= 0.3 is 0 Å². The van der Waals surface area contributed by atoms with Crippen LogP contribution in [0.15, 0.2) is 17.4 Å². The van der Waals surface area contributed by atoms with Gasteiger partial charge < -0.3 is 5.32 Å². The first kappa shape index (κ1) is 9.73. The van der Waals surface area contributed by atoms with Crippen LogP contribution >= 0.6 is 0 Å². The Labute approximate surface area is 85.6 Å². The first-order valence-electron chi connectivity index (χ1n) is 4.68. The Morgan fingerprint density at radius 3 is 2.93 bits per heavy atom. The standard InChI is InChI=1S/C9H13N3OS/c1-7-9(12-5-4-11-7)14(13)8-2-3-10-6-8/h4-5,8,10H,2-3,6H2,1H3/t8-,14?/m1/s1. The van der Waals surface area contributed by atoms with E-state index in [-0.39, 0.29) is 5.25 Å². The Balaban J connectivity index is 2.22. The van der Waals surface area contributed by atoms with Crippen LogP contribution in [-0.2, 0) is 10.8 Å². The molecule has 14 heavy (non-hydrogen) atoms. The van der Waals surface area contributed by atoms with E-state index in [1.54, 1.807) is 12.4 Å². The minimum Gasteiger partial charge on any atom is -0.315 e. The van der Waals surface area contributed by atoms with Crippen molar-refractivity contribution in [2.24, 2.45) is 0 Å². The smallest absolute Gasteiger partial charge is 0.148 e. The monoisotopic (exact) mass is 211 g/mol. The van der Waals surface area contributed by atoms with E-state index in [1.165, 1.54) is 0 Å². The molecule has 76 valence electrons. The van der Waals surface area contributed by atoms with Crippen LogP contribution in [0.25, 0.3) is 0 Å². The van der Waals surface area contributed by atoms with Gasteiger partial charge in [-0.3, -0.25) is 9.19 Å². The summed E-state index contributed by atoms with van der Waals surface area (Å²) in [5.41, 5.74) is 0.776. The van der Waals surface area contributed by atoms with Gasteiger partial charge in [-0.15, -0.1) is 0 Å². The highest BCUT2D eigenvalue weighted by Crippen LogP contribution is 2.15. The van der Waals surface area contributed by atoms with Crippen LogP contribution in [0.1, 0.15) is 12.1 Å². The molecule has 0 amide bonds. The maximum absolute atomic E-state index is 12.0. The molecule has 1 unspecified atom stereocenters. The van der Waals surface area contributed by atoms with Crippen molar-refractivity contribution in [2.75, 3.05) is 13.1 Å². The van der Waals surface area contributed by atoms with Gasteiger partial charge in [-0.05, 0) is 19.9 Å². The topological polar surface area (TPSA) is 54.9 Å². The molecule has 1 N–H and O–H groups in total. The quantitative estimate of drug-likeness (QED) is 0.762. The molecule has 5 heteroatoms. The summed E-state index contributed by atoms with van der Waals surface area (Å²) in [6.07, 6.45) is 4.19. The van der Waals surface area contributed by atoms with Crippen molar-refractivity contribution in [3.05, 3.63) is 18.1 Å². The molecule has 0 radical (unpaired) electrons. The van der Waals surface area contributed by atoms with Crippen LogP contribution in [0.2, 0.25) is 0 Å². The predicted octanol–water partition coefficient (Wildman–Crippen LogP) is 0.255. The average molecular weight is 211 g/mol. The van der Waals surface area contributed by atoms with Crippen molar-refractivity contribution < 1.29 is 4.21 Å². The Hall–Kier alpha value is -0.810. The molecule has 1 aromatic heterocycles. The Morgan fingerprint density at radius 1 is 1.50 bits per heavy atom. The van der Waals surface area contributed by atoms with E-state index in [4.69, 9.17) is 0 Å². The molecule has 2 atom stereocenters. The lowest BCUT2D eigenvalue weighted by Gasteiger charge is -2.08. The van der Waals surface area contributed by atoms with Crippen molar-refractivity contribution in [3.63, 3.8) is 0 Å². The highest BCUT2D eigenvalue weighted by Gasteiger charge is 2.24. The van der Waals surface area contributed by atoms with Gasteiger partial charge in [0, 0.05) is 18.9 Å². The van der Waals surface area contributed by atoms with E-state index in [2.05, 4.69) is 15.3 Å². The molecule has 0 spiro atoms. The van der Waals surface area contributed by atoms with Crippen molar-refractivity contribution in [1.82, 2.24) is 15.3 Å². The third-order valence-corrected chi connectivity index (χ3v) is 4.13. The van der Waals surface area contributed by atoms with Crippen LogP contribution in [0.4, 0.5) is 0 Å². The molecule has 1 aliphatic rings. The second-order valence-corrected chi connectivity index (χ2v) is 5.01.